The van der Waals surface area contributed by atoms with Crippen molar-refractivity contribution in [3.8, 4) is 5.75 Å². The van der Waals surface area contributed by atoms with Gasteiger partial charge in [-0.15, -0.1) is 11.8 Å². The molecule has 7 nitrogen and oxygen atoms in total. The Morgan fingerprint density at radius 3 is 2.37 bits per heavy atom. The molecule has 0 aliphatic carbocycles. The van der Waals surface area contributed by atoms with E-state index >= 15 is 0 Å². The molecule has 0 bridgehead atoms. The number of thioether (sulfide) groups is 1. The Hall–Kier alpha value is -3.00. The first-order valence-corrected chi connectivity index (χ1v) is 9.14. The number of carbonyl (C=O) groups is 3. The van der Waals surface area contributed by atoms with Gasteiger partial charge in [0.05, 0.1) is 13.5 Å². The summed E-state index contributed by atoms with van der Waals surface area (Å²) < 4.78 is 9.88. The van der Waals surface area contributed by atoms with Gasteiger partial charge in [0.15, 0.2) is 6.61 Å². The minimum absolute atomic E-state index is 0.172. The van der Waals surface area contributed by atoms with Crippen LogP contribution in [0.5, 0.6) is 5.75 Å². The van der Waals surface area contributed by atoms with E-state index in [1.165, 1.54) is 18.9 Å². The van der Waals surface area contributed by atoms with Gasteiger partial charge >= 0.3 is 12.0 Å². The highest BCUT2D eigenvalue weighted by atomic mass is 32.2. The summed E-state index contributed by atoms with van der Waals surface area (Å²) in [5.74, 6) is -0.00816. The third-order valence-corrected chi connectivity index (χ3v) is 4.30. The van der Waals surface area contributed by atoms with Crippen LogP contribution in [0.15, 0.2) is 59.5 Å². The zero-order valence-electron chi connectivity index (χ0n) is 14.8. The number of nitrogens with one attached hydrogen (secondary N) is 2. The fourth-order valence-corrected chi connectivity index (χ4v) is 2.84. The Labute approximate surface area is 161 Å². The smallest absolute Gasteiger partial charge is 0.325 e. The highest BCUT2D eigenvalue weighted by Gasteiger charge is 2.11. The van der Waals surface area contributed by atoms with Gasteiger partial charge < -0.3 is 14.8 Å². The molecule has 0 radical (unpaired) electrons. The molecule has 3 amide bonds. The molecule has 2 aromatic rings. The predicted octanol–water partition coefficient (Wildman–Crippen LogP) is 3.07. The van der Waals surface area contributed by atoms with Crippen molar-refractivity contribution in [2.75, 3.05) is 24.8 Å². The molecule has 0 aliphatic heterocycles. The molecular formula is C19H20N2O5S. The summed E-state index contributed by atoms with van der Waals surface area (Å²) in [5, 5.41) is 4.59. The molecular weight excluding hydrogens is 368 g/mol. The Morgan fingerprint density at radius 2 is 1.70 bits per heavy atom. The lowest BCUT2D eigenvalue weighted by Crippen LogP contribution is -2.37. The molecule has 2 aromatic carbocycles. The number of ether oxygens (including phenoxy) is 2. The second-order valence-electron chi connectivity index (χ2n) is 5.30. The number of anilines is 1. The number of amides is 3. The quantitative estimate of drug-likeness (QED) is 0.533. The van der Waals surface area contributed by atoms with Crippen molar-refractivity contribution in [2.24, 2.45) is 0 Å². The molecule has 0 aromatic heterocycles. The van der Waals surface area contributed by atoms with Gasteiger partial charge in [0.1, 0.15) is 5.75 Å². The first-order valence-electron chi connectivity index (χ1n) is 8.15. The molecule has 0 spiro atoms. The van der Waals surface area contributed by atoms with E-state index in [0.29, 0.717) is 17.2 Å². The highest BCUT2D eigenvalue weighted by Crippen LogP contribution is 2.17. The maximum atomic E-state index is 11.7. The molecule has 2 N–H and O–H groups in total. The zero-order valence-corrected chi connectivity index (χ0v) is 15.6. The van der Waals surface area contributed by atoms with Crippen molar-refractivity contribution < 1.29 is 23.9 Å². The normalized spacial score (nSPS) is 9.96. The molecule has 142 valence electrons. The Bertz CT molecular complexity index is 765. The summed E-state index contributed by atoms with van der Waals surface area (Å²) >= 11 is 1.52. The van der Waals surface area contributed by atoms with Crippen molar-refractivity contribution in [2.45, 2.75) is 11.3 Å². The fourth-order valence-electron chi connectivity index (χ4n) is 1.99. The van der Waals surface area contributed by atoms with Crippen molar-refractivity contribution in [1.29, 1.82) is 0 Å². The molecule has 0 unspecified atom stereocenters. The van der Waals surface area contributed by atoms with Gasteiger partial charge in [-0.3, -0.25) is 14.9 Å². The van der Waals surface area contributed by atoms with Crippen molar-refractivity contribution in [1.82, 2.24) is 5.32 Å². The molecule has 0 heterocycles. The molecule has 8 heteroatoms. The lowest BCUT2D eigenvalue weighted by Gasteiger charge is -2.08. The Balaban J connectivity index is 1.62. The van der Waals surface area contributed by atoms with E-state index in [2.05, 4.69) is 10.6 Å². The van der Waals surface area contributed by atoms with Crippen LogP contribution in [-0.2, 0) is 14.3 Å². The number of esters is 1. The molecule has 0 fully saturated rings. The van der Waals surface area contributed by atoms with Crippen molar-refractivity contribution >= 4 is 35.4 Å². The largest absolute Gasteiger partial charge is 0.497 e. The minimum atomic E-state index is -0.708. The van der Waals surface area contributed by atoms with Gasteiger partial charge in [0, 0.05) is 16.3 Å². The Kier molecular flexibility index (Phi) is 8.18. The number of methoxy groups -OCH3 is 1. The van der Waals surface area contributed by atoms with Gasteiger partial charge in [0.2, 0.25) is 0 Å². The van der Waals surface area contributed by atoms with E-state index in [1.807, 2.05) is 30.3 Å². The number of rotatable bonds is 8. The van der Waals surface area contributed by atoms with Gasteiger partial charge in [-0.1, -0.05) is 18.2 Å². The molecule has 0 aliphatic rings. The first kappa shape index (κ1) is 20.3. The third-order valence-electron chi connectivity index (χ3n) is 3.28. The van der Waals surface area contributed by atoms with Crippen molar-refractivity contribution in [3.05, 3.63) is 54.6 Å². The standard InChI is InChI=1S/C19H20N2O5S/c1-25-15-9-7-14(8-10-15)20-19(24)21-17(22)13-26-18(23)11-12-27-16-5-3-2-4-6-16/h2-10H,11-13H2,1H3,(H2,20,21,22,24). The molecule has 0 saturated heterocycles. The summed E-state index contributed by atoms with van der Waals surface area (Å²) in [6.07, 6.45) is 0.172. The van der Waals surface area contributed by atoms with Gasteiger partial charge in [0.25, 0.3) is 5.91 Å². The first-order chi connectivity index (χ1) is 13.1. The van der Waals surface area contributed by atoms with Crippen molar-refractivity contribution in [3.63, 3.8) is 0 Å². The fraction of sp³-hybridized carbons (Fsp3) is 0.211. The van der Waals surface area contributed by atoms with Crippen LogP contribution >= 0.6 is 11.8 Å². The van der Waals surface area contributed by atoms with E-state index in [-0.39, 0.29) is 6.42 Å². The minimum Gasteiger partial charge on any atom is -0.497 e. The van der Waals surface area contributed by atoms with Gasteiger partial charge in [-0.2, -0.15) is 0 Å². The maximum absolute atomic E-state index is 11.7. The van der Waals surface area contributed by atoms with E-state index < -0.39 is 24.5 Å². The molecule has 27 heavy (non-hydrogen) atoms. The van der Waals surface area contributed by atoms with E-state index in [9.17, 15) is 14.4 Å². The van der Waals surface area contributed by atoms with E-state index in [4.69, 9.17) is 9.47 Å². The SMILES string of the molecule is COc1ccc(NC(=O)NC(=O)COC(=O)CCSc2ccccc2)cc1. The van der Waals surface area contributed by atoms with Crippen LogP contribution in [0.3, 0.4) is 0 Å². The number of hydrogen-bond donors (Lipinski definition) is 2. The van der Waals surface area contributed by atoms with Crippen LogP contribution in [0.1, 0.15) is 6.42 Å². The van der Waals surface area contributed by atoms with E-state index in [0.717, 1.165) is 4.90 Å². The Morgan fingerprint density at radius 1 is 1.00 bits per heavy atom. The van der Waals surface area contributed by atoms with Gasteiger partial charge in [-0.25, -0.2) is 4.79 Å². The summed E-state index contributed by atoms with van der Waals surface area (Å²) in [7, 11) is 1.54. The third kappa shape index (κ3) is 7.83. The average Bonchev–Trinajstić information content (AvgIpc) is 2.68. The summed E-state index contributed by atoms with van der Waals surface area (Å²) in [5.41, 5.74) is 0.496. The van der Waals surface area contributed by atoms with Crippen LogP contribution in [0.4, 0.5) is 10.5 Å². The number of carbonyl (C=O) groups excluding carboxylic acids is 3. The van der Waals surface area contributed by atoms with Crippen LogP contribution in [0.2, 0.25) is 0 Å². The lowest BCUT2D eigenvalue weighted by atomic mass is 10.3. The van der Waals surface area contributed by atoms with Crippen LogP contribution in [0, 0.1) is 0 Å². The average molecular weight is 388 g/mol. The second kappa shape index (κ2) is 10.9. The molecule has 0 saturated carbocycles. The van der Waals surface area contributed by atoms with Crippen LogP contribution in [-0.4, -0.2) is 37.4 Å². The molecule has 2 rings (SSSR count). The maximum Gasteiger partial charge on any atom is 0.325 e. The topological polar surface area (TPSA) is 93.7 Å². The van der Waals surface area contributed by atoms with Crippen LogP contribution < -0.4 is 15.4 Å². The number of benzene rings is 2. The lowest BCUT2D eigenvalue weighted by molar-refractivity contribution is -0.147. The number of urea groups is 1. The van der Waals surface area contributed by atoms with E-state index in [1.54, 1.807) is 24.3 Å². The van der Waals surface area contributed by atoms with Gasteiger partial charge in [-0.05, 0) is 36.4 Å². The van der Waals surface area contributed by atoms with Crippen LogP contribution in [0.25, 0.3) is 0 Å². The summed E-state index contributed by atoms with van der Waals surface area (Å²) in [6.45, 7) is -0.509. The number of hydrogen-bond acceptors (Lipinski definition) is 6. The zero-order chi connectivity index (χ0) is 19.5. The highest BCUT2D eigenvalue weighted by molar-refractivity contribution is 7.99. The summed E-state index contributed by atoms with van der Waals surface area (Å²) in [4.78, 5) is 36.1. The second-order valence-corrected chi connectivity index (χ2v) is 6.47. The summed E-state index contributed by atoms with van der Waals surface area (Å²) in [6, 6.07) is 15.6. The molecule has 0 atom stereocenters. The predicted molar refractivity (Wildman–Crippen MR) is 103 cm³/mol. The number of imide groups is 1. The monoisotopic (exact) mass is 388 g/mol.